The molecule has 27 heavy (non-hydrogen) atoms. The molecule has 1 aromatic heterocycles. The molecule has 0 unspecified atom stereocenters. The molecular formula is C22H24N4O. The summed E-state index contributed by atoms with van der Waals surface area (Å²) in [6.45, 7) is 2.90. The van der Waals surface area contributed by atoms with E-state index in [9.17, 15) is 4.79 Å². The van der Waals surface area contributed by atoms with Crippen molar-refractivity contribution in [1.29, 1.82) is 0 Å². The van der Waals surface area contributed by atoms with Crippen molar-refractivity contribution >= 4 is 28.7 Å². The van der Waals surface area contributed by atoms with Crippen molar-refractivity contribution in [2.75, 3.05) is 35.8 Å². The van der Waals surface area contributed by atoms with Gasteiger partial charge in [-0.2, -0.15) is 0 Å². The van der Waals surface area contributed by atoms with Crippen molar-refractivity contribution in [1.82, 2.24) is 4.98 Å². The first-order chi connectivity index (χ1) is 13.1. The summed E-state index contributed by atoms with van der Waals surface area (Å²) < 4.78 is 0. The summed E-state index contributed by atoms with van der Waals surface area (Å²) in [5.74, 6) is -0.220. The van der Waals surface area contributed by atoms with Gasteiger partial charge in [0.05, 0.1) is 11.9 Å². The Balaban J connectivity index is 1.71. The molecule has 0 aliphatic carbocycles. The number of benzene rings is 2. The van der Waals surface area contributed by atoms with Crippen LogP contribution in [0.2, 0.25) is 0 Å². The molecule has 0 aliphatic rings. The van der Waals surface area contributed by atoms with Gasteiger partial charge in [-0.1, -0.05) is 18.2 Å². The van der Waals surface area contributed by atoms with Crippen LogP contribution >= 0.6 is 0 Å². The first kappa shape index (κ1) is 18.5. The Morgan fingerprint density at radius 1 is 0.889 bits per heavy atom. The Morgan fingerprint density at radius 2 is 1.56 bits per heavy atom. The first-order valence-corrected chi connectivity index (χ1v) is 8.96. The number of carbonyl (C=O) groups excluding carboxylic acids is 1. The molecule has 0 saturated heterocycles. The van der Waals surface area contributed by atoms with Crippen LogP contribution in [0.4, 0.5) is 22.7 Å². The van der Waals surface area contributed by atoms with Gasteiger partial charge >= 0.3 is 0 Å². The van der Waals surface area contributed by atoms with Gasteiger partial charge in [-0.15, -0.1) is 0 Å². The maximum Gasteiger partial charge on any atom is 0.274 e. The molecule has 1 heterocycles. The van der Waals surface area contributed by atoms with Crippen molar-refractivity contribution in [3.05, 3.63) is 78.6 Å². The Kier molecular flexibility index (Phi) is 5.71. The van der Waals surface area contributed by atoms with Gasteiger partial charge in [0.2, 0.25) is 0 Å². The fourth-order valence-corrected chi connectivity index (χ4v) is 2.84. The minimum absolute atomic E-state index is 0.220. The summed E-state index contributed by atoms with van der Waals surface area (Å²) >= 11 is 0. The highest BCUT2D eigenvalue weighted by atomic mass is 16.1. The SMILES string of the molecule is CCN(c1ccccc1)c1ccc(C(=O)Nc2ccc(N(C)C)cc2)nc1. The predicted octanol–water partition coefficient (Wildman–Crippen LogP) is 4.56. The molecule has 3 rings (SSSR count). The summed E-state index contributed by atoms with van der Waals surface area (Å²) in [6.07, 6.45) is 1.74. The van der Waals surface area contributed by atoms with E-state index in [1.54, 1.807) is 12.3 Å². The predicted molar refractivity (Wildman–Crippen MR) is 112 cm³/mol. The van der Waals surface area contributed by atoms with E-state index >= 15 is 0 Å². The summed E-state index contributed by atoms with van der Waals surface area (Å²) in [6, 6.07) is 21.5. The van der Waals surface area contributed by atoms with Crippen LogP contribution in [0, 0.1) is 0 Å². The van der Waals surface area contributed by atoms with Gasteiger partial charge in [0.1, 0.15) is 5.69 Å². The molecule has 2 aromatic carbocycles. The number of anilines is 4. The Morgan fingerprint density at radius 3 is 2.11 bits per heavy atom. The van der Waals surface area contributed by atoms with Crippen molar-refractivity contribution in [2.24, 2.45) is 0 Å². The quantitative estimate of drug-likeness (QED) is 0.700. The average molecular weight is 360 g/mol. The molecule has 0 aliphatic heterocycles. The van der Waals surface area contributed by atoms with Gasteiger partial charge in [-0.25, -0.2) is 4.98 Å². The first-order valence-electron chi connectivity index (χ1n) is 8.96. The number of hydrogen-bond donors (Lipinski definition) is 1. The molecule has 0 bridgehead atoms. The minimum atomic E-state index is -0.220. The molecule has 138 valence electrons. The number of rotatable bonds is 6. The van der Waals surface area contributed by atoms with Crippen molar-refractivity contribution in [2.45, 2.75) is 6.92 Å². The highest BCUT2D eigenvalue weighted by Crippen LogP contribution is 2.24. The molecule has 0 radical (unpaired) electrons. The zero-order valence-corrected chi connectivity index (χ0v) is 15.9. The van der Waals surface area contributed by atoms with Crippen molar-refractivity contribution in [3.63, 3.8) is 0 Å². The lowest BCUT2D eigenvalue weighted by Gasteiger charge is -2.23. The maximum absolute atomic E-state index is 12.5. The molecule has 0 atom stereocenters. The number of aromatic nitrogens is 1. The van der Waals surface area contributed by atoms with Crippen molar-refractivity contribution < 1.29 is 4.79 Å². The number of nitrogens with one attached hydrogen (secondary N) is 1. The van der Waals surface area contributed by atoms with Gasteiger partial charge < -0.3 is 15.1 Å². The monoisotopic (exact) mass is 360 g/mol. The van der Waals surface area contributed by atoms with Gasteiger partial charge in [-0.3, -0.25) is 4.79 Å². The third-order valence-corrected chi connectivity index (χ3v) is 4.32. The molecule has 0 saturated carbocycles. The molecule has 5 heteroatoms. The average Bonchev–Trinajstić information content (AvgIpc) is 2.70. The second kappa shape index (κ2) is 8.36. The van der Waals surface area contributed by atoms with Crippen LogP contribution in [0.15, 0.2) is 72.9 Å². The molecule has 5 nitrogen and oxygen atoms in total. The third kappa shape index (κ3) is 4.44. The molecule has 1 amide bonds. The fraction of sp³-hybridized carbons (Fsp3) is 0.182. The Labute approximate surface area is 160 Å². The third-order valence-electron chi connectivity index (χ3n) is 4.32. The van der Waals surface area contributed by atoms with E-state index in [4.69, 9.17) is 0 Å². The highest BCUT2D eigenvalue weighted by molar-refractivity contribution is 6.03. The lowest BCUT2D eigenvalue weighted by Crippen LogP contribution is -2.18. The van der Waals surface area contributed by atoms with Crippen LogP contribution in [0.1, 0.15) is 17.4 Å². The number of para-hydroxylation sites is 1. The Hall–Kier alpha value is -3.34. The van der Waals surface area contributed by atoms with Gasteiger partial charge in [0.15, 0.2) is 0 Å². The minimum Gasteiger partial charge on any atom is -0.378 e. The van der Waals surface area contributed by atoms with Gasteiger partial charge in [0.25, 0.3) is 5.91 Å². The summed E-state index contributed by atoms with van der Waals surface area (Å²) in [5, 5.41) is 2.89. The number of hydrogen-bond acceptors (Lipinski definition) is 4. The smallest absolute Gasteiger partial charge is 0.274 e. The number of carbonyl (C=O) groups is 1. The largest absolute Gasteiger partial charge is 0.378 e. The number of amides is 1. The molecule has 0 fully saturated rings. The normalized spacial score (nSPS) is 10.3. The van der Waals surface area contributed by atoms with Crippen LogP contribution in [0.3, 0.4) is 0 Å². The van der Waals surface area contributed by atoms with Crippen LogP contribution < -0.4 is 15.1 Å². The van der Waals surface area contributed by atoms with E-state index in [0.717, 1.165) is 29.3 Å². The maximum atomic E-state index is 12.5. The molecule has 1 N–H and O–H groups in total. The van der Waals surface area contributed by atoms with Gasteiger partial charge in [0, 0.05) is 37.7 Å². The van der Waals surface area contributed by atoms with Gasteiger partial charge in [-0.05, 0) is 55.5 Å². The highest BCUT2D eigenvalue weighted by Gasteiger charge is 2.11. The summed E-state index contributed by atoms with van der Waals surface area (Å²) in [5.41, 5.74) is 4.27. The van der Waals surface area contributed by atoms with E-state index in [1.165, 1.54) is 0 Å². The van der Waals surface area contributed by atoms with E-state index in [-0.39, 0.29) is 5.91 Å². The molecule has 3 aromatic rings. The summed E-state index contributed by atoms with van der Waals surface area (Å²) in [7, 11) is 3.96. The molecular weight excluding hydrogens is 336 g/mol. The number of nitrogens with zero attached hydrogens (tertiary/aromatic N) is 3. The van der Waals surface area contributed by atoms with Crippen LogP contribution in [-0.4, -0.2) is 31.5 Å². The van der Waals surface area contributed by atoms with Crippen LogP contribution in [0.25, 0.3) is 0 Å². The van der Waals surface area contributed by atoms with Crippen molar-refractivity contribution in [3.8, 4) is 0 Å². The topological polar surface area (TPSA) is 48.5 Å². The lowest BCUT2D eigenvalue weighted by atomic mass is 10.2. The lowest BCUT2D eigenvalue weighted by molar-refractivity contribution is 0.102. The second-order valence-electron chi connectivity index (χ2n) is 6.38. The van der Waals surface area contributed by atoms with E-state index < -0.39 is 0 Å². The van der Waals surface area contributed by atoms with E-state index in [1.807, 2.05) is 67.5 Å². The van der Waals surface area contributed by atoms with E-state index in [0.29, 0.717) is 5.69 Å². The summed E-state index contributed by atoms with van der Waals surface area (Å²) in [4.78, 5) is 21.0. The zero-order valence-electron chi connectivity index (χ0n) is 15.9. The zero-order chi connectivity index (χ0) is 19.2. The Bertz CT molecular complexity index is 874. The molecule has 0 spiro atoms. The van der Waals surface area contributed by atoms with E-state index in [2.05, 4.69) is 34.3 Å². The van der Waals surface area contributed by atoms with Crippen LogP contribution in [-0.2, 0) is 0 Å². The second-order valence-corrected chi connectivity index (χ2v) is 6.38. The van der Waals surface area contributed by atoms with Crippen LogP contribution in [0.5, 0.6) is 0 Å². The fourth-order valence-electron chi connectivity index (χ4n) is 2.84. The number of pyridine rings is 1. The standard InChI is InChI=1S/C22H24N4O/c1-4-26(19-8-6-5-7-9-19)20-14-15-21(23-16-20)22(27)24-17-10-12-18(13-11-17)25(2)3/h5-16H,4H2,1-3H3,(H,24,27).